The minimum Gasteiger partial charge on any atom is -0.304 e. The van der Waals surface area contributed by atoms with E-state index < -0.39 is 0 Å². The van der Waals surface area contributed by atoms with Crippen LogP contribution in [0.1, 0.15) is 26.7 Å². The average Bonchev–Trinajstić information content (AvgIpc) is 2.36. The van der Waals surface area contributed by atoms with Gasteiger partial charge in [0.1, 0.15) is 7.85 Å². The van der Waals surface area contributed by atoms with Crippen LogP contribution in [-0.4, -0.2) is 30.2 Å². The summed E-state index contributed by atoms with van der Waals surface area (Å²) in [5.41, 5.74) is 0.468. The first-order valence-electron chi connectivity index (χ1n) is 4.24. The Kier molecular flexibility index (Phi) is 3.38. The quantitative estimate of drug-likeness (QED) is 0.586. The highest BCUT2D eigenvalue weighted by Crippen LogP contribution is 2.09. The third-order valence-corrected chi connectivity index (χ3v) is 1.68. The number of rotatable bonds is 4. The van der Waals surface area contributed by atoms with E-state index in [0.29, 0.717) is 11.4 Å². The summed E-state index contributed by atoms with van der Waals surface area (Å²) >= 11 is 0. The summed E-state index contributed by atoms with van der Waals surface area (Å²) in [4.78, 5) is 0. The maximum absolute atomic E-state index is 5.41. The summed E-state index contributed by atoms with van der Waals surface area (Å²) in [5, 5.41) is 7.51. The lowest BCUT2D eigenvalue weighted by molar-refractivity contribution is 0.739. The molecule has 5 heteroatoms. The first-order valence-corrected chi connectivity index (χ1v) is 4.24. The van der Waals surface area contributed by atoms with E-state index in [4.69, 9.17) is 7.85 Å². The lowest BCUT2D eigenvalue weighted by atomic mass is 9.74. The van der Waals surface area contributed by atoms with E-state index >= 15 is 0 Å². The van der Waals surface area contributed by atoms with Gasteiger partial charge in [0.2, 0.25) is 0 Å². The zero-order valence-corrected chi connectivity index (χ0v) is 7.57. The standard InChI is InChI=1S/C7H12B2N3/c1-3-4-6(2)9-12-5-7(8)10-11-12/h5-6H,3-4H2,1-2H3. The molecule has 61 valence electrons. The molecule has 3 nitrogen and oxygen atoms in total. The van der Waals surface area contributed by atoms with Gasteiger partial charge in [-0.2, -0.15) is 0 Å². The molecule has 1 unspecified atom stereocenters. The predicted octanol–water partition coefficient (Wildman–Crippen LogP) is 0.148. The van der Waals surface area contributed by atoms with Crippen molar-refractivity contribution in [3.8, 4) is 0 Å². The van der Waals surface area contributed by atoms with Crippen LogP contribution in [-0.2, 0) is 0 Å². The van der Waals surface area contributed by atoms with Crippen LogP contribution in [0.5, 0.6) is 0 Å². The van der Waals surface area contributed by atoms with Crippen molar-refractivity contribution in [2.75, 3.05) is 0 Å². The molecule has 3 radical (unpaired) electrons. The maximum Gasteiger partial charge on any atom is 0.284 e. The largest absolute Gasteiger partial charge is 0.304 e. The first kappa shape index (κ1) is 9.36. The van der Waals surface area contributed by atoms with Crippen molar-refractivity contribution in [3.05, 3.63) is 6.20 Å². The monoisotopic (exact) mass is 160 g/mol. The highest BCUT2D eigenvalue weighted by molar-refractivity contribution is 6.36. The van der Waals surface area contributed by atoms with Crippen molar-refractivity contribution in [3.63, 3.8) is 0 Å². The zero-order valence-electron chi connectivity index (χ0n) is 7.57. The number of aromatic nitrogens is 3. The average molecular weight is 160 g/mol. The lowest BCUT2D eigenvalue weighted by Crippen LogP contribution is -2.12. The van der Waals surface area contributed by atoms with Crippen LogP contribution in [0.2, 0.25) is 5.82 Å². The van der Waals surface area contributed by atoms with Crippen LogP contribution < -0.4 is 5.59 Å². The molecular weight excluding hydrogens is 148 g/mol. The van der Waals surface area contributed by atoms with Crippen molar-refractivity contribution in [2.24, 2.45) is 0 Å². The van der Waals surface area contributed by atoms with Crippen LogP contribution in [0.15, 0.2) is 6.20 Å². The van der Waals surface area contributed by atoms with Gasteiger partial charge in [-0.25, -0.2) is 0 Å². The van der Waals surface area contributed by atoms with Crippen molar-refractivity contribution in [2.45, 2.75) is 32.5 Å². The van der Waals surface area contributed by atoms with E-state index in [1.807, 2.05) is 7.41 Å². The number of hydrogen-bond donors (Lipinski definition) is 0. The van der Waals surface area contributed by atoms with E-state index in [2.05, 4.69) is 24.2 Å². The Hall–Kier alpha value is -0.730. The smallest absolute Gasteiger partial charge is 0.284 e. The van der Waals surface area contributed by atoms with Gasteiger partial charge < -0.3 is 4.59 Å². The fourth-order valence-electron chi connectivity index (χ4n) is 1.15. The molecule has 1 aromatic heterocycles. The number of nitrogens with zero attached hydrogens (tertiary/aromatic N) is 3. The molecule has 1 atom stereocenters. The van der Waals surface area contributed by atoms with E-state index in [1.54, 1.807) is 10.8 Å². The molecular formula is C7H12B2N3. The van der Waals surface area contributed by atoms with Gasteiger partial charge in [-0.15, -0.1) is 5.10 Å². The summed E-state index contributed by atoms with van der Waals surface area (Å²) in [6.45, 7) is 4.32. The molecule has 0 aliphatic heterocycles. The second kappa shape index (κ2) is 4.33. The van der Waals surface area contributed by atoms with Crippen LogP contribution in [0.25, 0.3) is 0 Å². The van der Waals surface area contributed by atoms with Crippen LogP contribution >= 0.6 is 0 Å². The highest BCUT2D eigenvalue weighted by atomic mass is 15.4. The van der Waals surface area contributed by atoms with Gasteiger partial charge in [0, 0.05) is 11.8 Å². The van der Waals surface area contributed by atoms with Crippen LogP contribution in [0.3, 0.4) is 0 Å². The van der Waals surface area contributed by atoms with Gasteiger partial charge in [0.05, 0.1) is 0 Å². The van der Waals surface area contributed by atoms with E-state index in [9.17, 15) is 0 Å². The first-order chi connectivity index (χ1) is 5.72. The maximum atomic E-state index is 5.41. The van der Waals surface area contributed by atoms with Gasteiger partial charge in [-0.3, -0.25) is 0 Å². The van der Waals surface area contributed by atoms with Gasteiger partial charge in [-0.1, -0.05) is 31.9 Å². The van der Waals surface area contributed by atoms with E-state index in [-0.39, 0.29) is 0 Å². The van der Waals surface area contributed by atoms with Gasteiger partial charge in [0.15, 0.2) is 0 Å². The molecule has 0 spiro atoms. The minimum atomic E-state index is 0.468. The normalized spacial score (nSPS) is 12.8. The highest BCUT2D eigenvalue weighted by Gasteiger charge is 2.06. The molecule has 0 bridgehead atoms. The molecule has 0 saturated heterocycles. The molecule has 1 aromatic rings. The third-order valence-electron chi connectivity index (χ3n) is 1.68. The topological polar surface area (TPSA) is 30.7 Å². The van der Waals surface area contributed by atoms with E-state index in [1.165, 1.54) is 12.8 Å². The second-order valence-electron chi connectivity index (χ2n) is 3.04. The summed E-state index contributed by atoms with van der Waals surface area (Å²) in [6.07, 6.45) is 4.06. The van der Waals surface area contributed by atoms with E-state index in [0.717, 1.165) is 0 Å². The summed E-state index contributed by atoms with van der Waals surface area (Å²) in [5.74, 6) is 0.524. The Morgan fingerprint density at radius 2 is 2.50 bits per heavy atom. The fourth-order valence-corrected chi connectivity index (χ4v) is 1.15. The van der Waals surface area contributed by atoms with Crippen molar-refractivity contribution in [1.82, 2.24) is 14.9 Å². The molecule has 12 heavy (non-hydrogen) atoms. The molecule has 0 N–H and O–H groups in total. The van der Waals surface area contributed by atoms with Crippen molar-refractivity contribution < 1.29 is 0 Å². The van der Waals surface area contributed by atoms with Gasteiger partial charge >= 0.3 is 0 Å². The molecule has 0 amide bonds. The Balaban J connectivity index is 2.41. The van der Waals surface area contributed by atoms with Crippen molar-refractivity contribution in [1.29, 1.82) is 0 Å². The zero-order chi connectivity index (χ0) is 8.97. The van der Waals surface area contributed by atoms with Gasteiger partial charge in [-0.05, 0) is 5.82 Å². The molecule has 0 fully saturated rings. The lowest BCUT2D eigenvalue weighted by Gasteiger charge is -2.05. The van der Waals surface area contributed by atoms with Crippen LogP contribution in [0.4, 0.5) is 0 Å². The Labute approximate surface area is 75.2 Å². The Morgan fingerprint density at radius 1 is 1.75 bits per heavy atom. The summed E-state index contributed by atoms with van der Waals surface area (Å²) in [7, 11) is 7.43. The minimum absolute atomic E-state index is 0.468. The summed E-state index contributed by atoms with van der Waals surface area (Å²) < 4.78 is 1.68. The molecule has 0 aliphatic rings. The third kappa shape index (κ3) is 2.72. The van der Waals surface area contributed by atoms with Crippen molar-refractivity contribution >= 4 is 20.9 Å². The number of hydrogen-bond acceptors (Lipinski definition) is 2. The molecule has 1 heterocycles. The SMILES string of the molecule is [B]c1cn([B]C(C)CCC)nn1. The fraction of sp³-hybridized carbons (Fsp3) is 0.714. The summed E-state index contributed by atoms with van der Waals surface area (Å²) in [6, 6.07) is 0. The molecule has 0 aliphatic carbocycles. The molecule has 0 aromatic carbocycles. The predicted molar refractivity (Wildman–Crippen MR) is 50.9 cm³/mol. The second-order valence-corrected chi connectivity index (χ2v) is 3.04. The Morgan fingerprint density at radius 3 is 3.00 bits per heavy atom. The van der Waals surface area contributed by atoms with Crippen LogP contribution in [0, 0.1) is 0 Å². The Bertz CT molecular complexity index is 236. The molecule has 0 saturated carbocycles. The molecule has 1 rings (SSSR count). The van der Waals surface area contributed by atoms with Gasteiger partial charge in [0.25, 0.3) is 7.41 Å².